The second kappa shape index (κ2) is 8.98. The lowest BCUT2D eigenvalue weighted by atomic mass is 10.1. The van der Waals surface area contributed by atoms with Gasteiger partial charge in [-0.05, 0) is 11.1 Å². The molecule has 0 aliphatic heterocycles. The summed E-state index contributed by atoms with van der Waals surface area (Å²) >= 11 is 6.21. The first-order chi connectivity index (χ1) is 9.29. The average Bonchev–Trinajstić information content (AvgIpc) is 2.48. The Labute approximate surface area is 131 Å². The Hall–Kier alpha value is -1.06. The number of aliphatic hydroxyl groups is 1. The van der Waals surface area contributed by atoms with Gasteiger partial charge >= 0.3 is 0 Å². The first-order valence-corrected chi connectivity index (χ1v) is 6.80. The second-order valence-corrected chi connectivity index (χ2v) is 5.00. The van der Waals surface area contributed by atoms with Crippen molar-refractivity contribution in [2.24, 2.45) is 0 Å². The molecule has 0 saturated heterocycles. The van der Waals surface area contributed by atoms with Crippen molar-refractivity contribution in [2.45, 2.75) is 18.6 Å². The molecule has 1 unspecified atom stereocenters. The van der Waals surface area contributed by atoms with Gasteiger partial charge in [0.1, 0.15) is 5.50 Å². The molecule has 0 aliphatic rings. The summed E-state index contributed by atoms with van der Waals surface area (Å²) in [5.41, 5.74) is 2.01. The molecule has 108 valence electrons. The van der Waals surface area contributed by atoms with Crippen molar-refractivity contribution >= 4 is 24.0 Å². The van der Waals surface area contributed by atoms with E-state index in [0.29, 0.717) is 0 Å². The lowest BCUT2D eigenvalue weighted by Gasteiger charge is -2.26. The molecule has 4 heteroatoms. The van der Waals surface area contributed by atoms with Crippen LogP contribution in [0, 0.1) is 0 Å². The summed E-state index contributed by atoms with van der Waals surface area (Å²) in [6, 6.07) is 20.3. The Kier molecular flexibility index (Phi) is 7.63. The normalized spacial score (nSPS) is 11.9. The van der Waals surface area contributed by atoms with Gasteiger partial charge in [0.15, 0.2) is 0 Å². The summed E-state index contributed by atoms with van der Waals surface area (Å²) in [5.74, 6) is 0. The van der Waals surface area contributed by atoms with E-state index in [1.54, 1.807) is 0 Å². The highest BCUT2D eigenvalue weighted by Crippen LogP contribution is 2.15. The number of alkyl halides is 1. The minimum atomic E-state index is -0.375. The smallest absolute Gasteiger partial charge is 0.109 e. The molecule has 0 heterocycles. The highest BCUT2D eigenvalue weighted by Gasteiger charge is 2.15. The van der Waals surface area contributed by atoms with E-state index in [1.165, 1.54) is 11.1 Å². The van der Waals surface area contributed by atoms with Gasteiger partial charge < -0.3 is 5.11 Å². The fourth-order valence-corrected chi connectivity index (χ4v) is 2.14. The van der Waals surface area contributed by atoms with Gasteiger partial charge in [0, 0.05) is 13.1 Å². The highest BCUT2D eigenvalue weighted by molar-refractivity contribution is 6.20. The van der Waals surface area contributed by atoms with Crippen LogP contribution in [-0.2, 0) is 13.1 Å². The minimum Gasteiger partial charge on any atom is -0.393 e. The Bertz CT molecular complexity index is 437. The number of benzene rings is 2. The van der Waals surface area contributed by atoms with E-state index in [0.717, 1.165) is 13.1 Å². The average molecular weight is 312 g/mol. The molecule has 0 amide bonds. The fourth-order valence-electron chi connectivity index (χ4n) is 2.01. The van der Waals surface area contributed by atoms with Gasteiger partial charge in [0.25, 0.3) is 0 Å². The van der Waals surface area contributed by atoms with E-state index in [1.807, 2.05) is 36.4 Å². The number of halogens is 2. The van der Waals surface area contributed by atoms with Gasteiger partial charge in [0.05, 0.1) is 6.61 Å². The Morgan fingerprint density at radius 1 is 0.850 bits per heavy atom. The van der Waals surface area contributed by atoms with Crippen LogP contribution in [0.2, 0.25) is 0 Å². The molecule has 0 bridgehead atoms. The first kappa shape index (κ1) is 17.0. The van der Waals surface area contributed by atoms with Crippen LogP contribution in [0.15, 0.2) is 60.7 Å². The lowest BCUT2D eigenvalue weighted by molar-refractivity contribution is 0.159. The number of rotatable bonds is 6. The molecule has 0 radical (unpaired) electrons. The molecule has 0 aliphatic carbocycles. The van der Waals surface area contributed by atoms with Gasteiger partial charge in [-0.15, -0.1) is 24.0 Å². The second-order valence-electron chi connectivity index (χ2n) is 4.49. The quantitative estimate of drug-likeness (QED) is 0.650. The van der Waals surface area contributed by atoms with Gasteiger partial charge in [0.2, 0.25) is 0 Å². The van der Waals surface area contributed by atoms with E-state index in [2.05, 4.69) is 29.2 Å². The maximum Gasteiger partial charge on any atom is 0.109 e. The molecule has 0 aromatic heterocycles. The van der Waals surface area contributed by atoms with Gasteiger partial charge in [-0.1, -0.05) is 60.7 Å². The van der Waals surface area contributed by atoms with E-state index >= 15 is 0 Å². The molecule has 2 aromatic carbocycles. The summed E-state index contributed by atoms with van der Waals surface area (Å²) in [4.78, 5) is 2.06. The number of aliphatic hydroxyl groups excluding tert-OH is 1. The summed E-state index contributed by atoms with van der Waals surface area (Å²) in [5, 5.41) is 9.29. The monoisotopic (exact) mass is 311 g/mol. The van der Waals surface area contributed by atoms with Crippen molar-refractivity contribution in [3.8, 4) is 0 Å². The molecular weight excluding hydrogens is 293 g/mol. The third-order valence-corrected chi connectivity index (χ3v) is 3.42. The van der Waals surface area contributed by atoms with Crippen LogP contribution < -0.4 is 0 Å². The summed E-state index contributed by atoms with van der Waals surface area (Å²) < 4.78 is 0. The van der Waals surface area contributed by atoms with Crippen molar-refractivity contribution in [1.82, 2.24) is 4.90 Å². The van der Waals surface area contributed by atoms with Crippen LogP contribution in [0.1, 0.15) is 11.1 Å². The topological polar surface area (TPSA) is 23.5 Å². The zero-order valence-electron chi connectivity index (χ0n) is 11.2. The van der Waals surface area contributed by atoms with Crippen LogP contribution >= 0.6 is 24.0 Å². The van der Waals surface area contributed by atoms with Crippen LogP contribution in [0.3, 0.4) is 0 Å². The molecule has 2 rings (SSSR count). The highest BCUT2D eigenvalue weighted by atomic mass is 35.5. The molecule has 2 nitrogen and oxygen atoms in total. The lowest BCUT2D eigenvalue weighted by Crippen LogP contribution is -2.32. The van der Waals surface area contributed by atoms with Gasteiger partial charge in [-0.25, -0.2) is 0 Å². The fraction of sp³-hybridized carbons (Fsp3) is 0.250. The van der Waals surface area contributed by atoms with Crippen molar-refractivity contribution in [1.29, 1.82) is 0 Å². The number of hydrogen-bond acceptors (Lipinski definition) is 2. The number of hydrogen-bond donors (Lipinski definition) is 1. The zero-order valence-corrected chi connectivity index (χ0v) is 12.7. The SMILES string of the molecule is Cl.OCC(Cl)N(Cc1ccccc1)Cc1ccccc1. The predicted octanol–water partition coefficient (Wildman–Crippen LogP) is 3.67. The van der Waals surface area contributed by atoms with Gasteiger partial charge in [-0.2, -0.15) is 0 Å². The van der Waals surface area contributed by atoms with Crippen molar-refractivity contribution < 1.29 is 5.11 Å². The zero-order chi connectivity index (χ0) is 13.5. The third-order valence-electron chi connectivity index (χ3n) is 3.00. The van der Waals surface area contributed by atoms with Crippen molar-refractivity contribution in [3.05, 3.63) is 71.8 Å². The molecule has 0 saturated carbocycles. The maximum atomic E-state index is 9.29. The molecule has 1 atom stereocenters. The minimum absolute atomic E-state index is 0. The van der Waals surface area contributed by atoms with E-state index < -0.39 is 0 Å². The molecule has 20 heavy (non-hydrogen) atoms. The summed E-state index contributed by atoms with van der Waals surface area (Å²) in [6.07, 6.45) is 0. The standard InChI is InChI=1S/C16H18ClNO.ClH/c17-16(13-19)18(11-14-7-3-1-4-8-14)12-15-9-5-2-6-10-15;/h1-10,16,19H,11-13H2;1H. The molecular formula is C16H19Cl2NO. The van der Waals surface area contributed by atoms with E-state index in [-0.39, 0.29) is 24.5 Å². The first-order valence-electron chi connectivity index (χ1n) is 6.36. The number of nitrogens with zero attached hydrogens (tertiary/aromatic N) is 1. The third kappa shape index (κ3) is 5.14. The van der Waals surface area contributed by atoms with E-state index in [9.17, 15) is 5.11 Å². The summed E-state index contributed by atoms with van der Waals surface area (Å²) in [6.45, 7) is 1.40. The van der Waals surface area contributed by atoms with Crippen LogP contribution in [-0.4, -0.2) is 22.1 Å². The molecule has 1 N–H and O–H groups in total. The van der Waals surface area contributed by atoms with Crippen molar-refractivity contribution in [3.63, 3.8) is 0 Å². The molecule has 2 aromatic rings. The summed E-state index contributed by atoms with van der Waals surface area (Å²) in [7, 11) is 0. The Morgan fingerprint density at radius 2 is 1.25 bits per heavy atom. The van der Waals surface area contributed by atoms with Crippen LogP contribution in [0.4, 0.5) is 0 Å². The largest absolute Gasteiger partial charge is 0.393 e. The predicted molar refractivity (Wildman–Crippen MR) is 86.1 cm³/mol. The van der Waals surface area contributed by atoms with Crippen molar-refractivity contribution in [2.75, 3.05) is 6.61 Å². The van der Waals surface area contributed by atoms with Crippen LogP contribution in [0.5, 0.6) is 0 Å². The Balaban J connectivity index is 0.00000200. The Morgan fingerprint density at radius 3 is 1.60 bits per heavy atom. The molecule has 0 fully saturated rings. The van der Waals surface area contributed by atoms with Crippen LogP contribution in [0.25, 0.3) is 0 Å². The van der Waals surface area contributed by atoms with E-state index in [4.69, 9.17) is 11.6 Å². The maximum absolute atomic E-state index is 9.29. The molecule has 0 spiro atoms. The van der Waals surface area contributed by atoms with Gasteiger partial charge in [-0.3, -0.25) is 4.90 Å².